The van der Waals surface area contributed by atoms with Gasteiger partial charge in [-0.1, -0.05) is 81.4 Å². The van der Waals surface area contributed by atoms with Crippen molar-refractivity contribution in [3.8, 4) is 0 Å². The van der Waals surface area contributed by atoms with Crippen molar-refractivity contribution in [1.82, 2.24) is 0 Å². The van der Waals surface area contributed by atoms with E-state index in [2.05, 4.69) is 20.8 Å². The first-order valence-electron chi connectivity index (χ1n) is 11.4. The average Bonchev–Trinajstić information content (AvgIpc) is 2.82. The first kappa shape index (κ1) is 26.0. The molecule has 182 valence electrons. The Balaban J connectivity index is 2.27. The van der Waals surface area contributed by atoms with E-state index in [-0.39, 0.29) is 11.6 Å². The lowest BCUT2D eigenvalue weighted by Crippen LogP contribution is -2.70. The zero-order chi connectivity index (χ0) is 24.3. The molecule has 1 fully saturated rings. The minimum atomic E-state index is -1.25. The third-order valence-corrected chi connectivity index (χ3v) is 7.85. The molecule has 6 nitrogen and oxygen atoms in total. The van der Waals surface area contributed by atoms with Gasteiger partial charge in [0, 0.05) is 14.2 Å². The second-order valence-corrected chi connectivity index (χ2v) is 12.7. The third kappa shape index (κ3) is 4.95. The van der Waals surface area contributed by atoms with Gasteiger partial charge in [0.2, 0.25) is 11.6 Å². The summed E-state index contributed by atoms with van der Waals surface area (Å²) in [5, 5.41) is 10.5. The highest BCUT2D eigenvalue weighted by atomic mass is 28.2. The largest absolute Gasteiger partial charge is 0.408 e. The van der Waals surface area contributed by atoms with E-state index in [0.717, 1.165) is 11.1 Å². The normalized spacial score (nSPS) is 29.0. The summed E-state index contributed by atoms with van der Waals surface area (Å²) in [4.78, 5) is 0. The van der Waals surface area contributed by atoms with Crippen molar-refractivity contribution in [2.24, 2.45) is 0 Å². The highest BCUT2D eigenvalue weighted by Gasteiger charge is 2.62. The van der Waals surface area contributed by atoms with Gasteiger partial charge in [0.15, 0.2) is 9.76 Å². The van der Waals surface area contributed by atoms with E-state index in [9.17, 15) is 5.11 Å². The maximum atomic E-state index is 10.5. The summed E-state index contributed by atoms with van der Waals surface area (Å²) in [6.45, 7) is 9.83. The van der Waals surface area contributed by atoms with Crippen LogP contribution >= 0.6 is 0 Å². The smallest absolute Gasteiger partial charge is 0.220 e. The molecule has 0 bridgehead atoms. The van der Waals surface area contributed by atoms with Gasteiger partial charge in [-0.2, -0.15) is 0 Å². The molecule has 7 heteroatoms. The van der Waals surface area contributed by atoms with Gasteiger partial charge in [-0.25, -0.2) is 0 Å². The molecule has 3 rings (SSSR count). The molecule has 2 aromatic rings. The molecule has 1 aliphatic heterocycles. The Morgan fingerprint density at radius 3 is 1.70 bits per heavy atom. The minimum absolute atomic E-state index is 0.0185. The fourth-order valence-electron chi connectivity index (χ4n) is 4.27. The van der Waals surface area contributed by atoms with Crippen LogP contribution in [-0.2, 0) is 29.0 Å². The van der Waals surface area contributed by atoms with Gasteiger partial charge in [-0.05, 0) is 30.0 Å². The van der Waals surface area contributed by atoms with Crippen LogP contribution in [-0.4, -0.2) is 59.5 Å². The SMILES string of the molecule is CO[C@@]1(C)O[C@@H](C(O[SiH2]C(C)(C)C)(c2ccccc2)c2ccccc2)[C@@H](CO)O[C@]1(C)OC. The number of methoxy groups -OCH3 is 2. The molecule has 1 saturated heterocycles. The number of hydrogen-bond acceptors (Lipinski definition) is 6. The molecule has 0 spiro atoms. The van der Waals surface area contributed by atoms with Gasteiger partial charge in [0.1, 0.15) is 17.8 Å². The summed E-state index contributed by atoms with van der Waals surface area (Å²) in [7, 11) is 2.02. The van der Waals surface area contributed by atoms with Gasteiger partial charge in [0.25, 0.3) is 0 Å². The maximum Gasteiger partial charge on any atom is 0.220 e. The Hall–Kier alpha value is -1.58. The topological polar surface area (TPSA) is 66.4 Å². The highest BCUT2D eigenvalue weighted by molar-refractivity contribution is 6.32. The quantitative estimate of drug-likeness (QED) is 0.588. The Bertz CT molecular complexity index is 847. The maximum absolute atomic E-state index is 10.5. The summed E-state index contributed by atoms with van der Waals surface area (Å²) < 4.78 is 31.6. The summed E-state index contributed by atoms with van der Waals surface area (Å²) >= 11 is 0. The van der Waals surface area contributed by atoms with Crippen molar-refractivity contribution >= 4 is 9.76 Å². The van der Waals surface area contributed by atoms with E-state index < -0.39 is 39.1 Å². The predicted octanol–water partition coefficient (Wildman–Crippen LogP) is 3.75. The minimum Gasteiger partial charge on any atom is -0.408 e. The zero-order valence-corrected chi connectivity index (χ0v) is 22.2. The molecule has 2 aromatic carbocycles. The number of ether oxygens (including phenoxy) is 4. The van der Waals surface area contributed by atoms with Gasteiger partial charge in [0.05, 0.1) is 6.61 Å². The average molecular weight is 475 g/mol. The lowest BCUT2D eigenvalue weighted by molar-refractivity contribution is -0.460. The van der Waals surface area contributed by atoms with Crippen LogP contribution in [0.5, 0.6) is 0 Å². The van der Waals surface area contributed by atoms with Crippen LogP contribution in [0.2, 0.25) is 5.04 Å². The van der Waals surface area contributed by atoms with Crippen molar-refractivity contribution in [3.63, 3.8) is 0 Å². The Labute approximate surface area is 200 Å². The Morgan fingerprint density at radius 1 is 0.848 bits per heavy atom. The number of rotatable bonds is 8. The van der Waals surface area contributed by atoms with E-state index in [0.29, 0.717) is 0 Å². The first-order chi connectivity index (χ1) is 15.5. The van der Waals surface area contributed by atoms with Crippen LogP contribution in [0.4, 0.5) is 0 Å². The van der Waals surface area contributed by atoms with Crippen molar-refractivity contribution < 1.29 is 28.5 Å². The molecule has 0 saturated carbocycles. The Kier molecular flexibility index (Phi) is 7.85. The molecular weight excluding hydrogens is 436 g/mol. The lowest BCUT2D eigenvalue weighted by Gasteiger charge is -2.56. The standard InChI is InChI=1S/C26H38O6Si/c1-23(2,3)33-32-26(19-14-10-8-11-15-19,20-16-12-9-13-17-20)22-21(18-27)30-24(4,28-6)25(5,29-7)31-22/h8-17,21-22,27H,18,33H2,1-7H3/t21-,22-,24+,25+/m1/s1. The van der Waals surface area contributed by atoms with E-state index in [4.69, 9.17) is 23.4 Å². The van der Waals surface area contributed by atoms with E-state index in [1.807, 2.05) is 60.7 Å². The second-order valence-electron chi connectivity index (χ2n) is 9.99. The molecule has 0 radical (unpaired) electrons. The summed E-state index contributed by atoms with van der Waals surface area (Å²) in [5.41, 5.74) is 0.837. The van der Waals surface area contributed by atoms with Gasteiger partial charge in [-0.15, -0.1) is 0 Å². The summed E-state index contributed by atoms with van der Waals surface area (Å²) in [6, 6.07) is 20.1. The van der Waals surface area contributed by atoms with Crippen LogP contribution < -0.4 is 0 Å². The highest BCUT2D eigenvalue weighted by Crippen LogP contribution is 2.49. The number of aliphatic hydroxyl groups excluding tert-OH is 1. The van der Waals surface area contributed by atoms with Crippen molar-refractivity contribution in [3.05, 3.63) is 71.8 Å². The van der Waals surface area contributed by atoms with E-state index in [1.54, 1.807) is 28.1 Å². The second kappa shape index (κ2) is 9.96. The van der Waals surface area contributed by atoms with Crippen LogP contribution in [0.1, 0.15) is 45.7 Å². The summed E-state index contributed by atoms with van der Waals surface area (Å²) in [6.07, 6.45) is -1.44. The number of benzene rings is 2. The molecular formula is C26H38O6Si. The molecule has 1 N–H and O–H groups in total. The van der Waals surface area contributed by atoms with Crippen LogP contribution in [0.15, 0.2) is 60.7 Å². The third-order valence-electron chi connectivity index (χ3n) is 6.39. The number of aliphatic hydroxyl groups is 1. The number of hydrogen-bond donors (Lipinski definition) is 1. The zero-order valence-electron chi connectivity index (χ0n) is 20.8. The molecule has 0 amide bonds. The van der Waals surface area contributed by atoms with E-state index in [1.165, 1.54) is 0 Å². The van der Waals surface area contributed by atoms with Crippen LogP contribution in [0.25, 0.3) is 0 Å². The summed E-state index contributed by atoms with van der Waals surface area (Å²) in [5.74, 6) is -2.48. The van der Waals surface area contributed by atoms with Crippen LogP contribution in [0.3, 0.4) is 0 Å². The lowest BCUT2D eigenvalue weighted by atomic mass is 9.78. The van der Waals surface area contributed by atoms with Gasteiger partial charge in [-0.3, -0.25) is 0 Å². The predicted molar refractivity (Wildman–Crippen MR) is 131 cm³/mol. The van der Waals surface area contributed by atoms with Gasteiger partial charge >= 0.3 is 0 Å². The van der Waals surface area contributed by atoms with Crippen molar-refractivity contribution in [2.75, 3.05) is 20.8 Å². The fourth-order valence-corrected chi connectivity index (χ4v) is 5.43. The molecule has 1 heterocycles. The van der Waals surface area contributed by atoms with Crippen molar-refractivity contribution in [1.29, 1.82) is 0 Å². The molecule has 4 atom stereocenters. The molecule has 0 aliphatic carbocycles. The molecule has 0 unspecified atom stereocenters. The Morgan fingerprint density at radius 2 is 1.30 bits per heavy atom. The first-order valence-corrected chi connectivity index (χ1v) is 12.7. The van der Waals surface area contributed by atoms with Gasteiger partial charge < -0.3 is 28.5 Å². The van der Waals surface area contributed by atoms with Crippen molar-refractivity contribution in [2.45, 2.75) is 69.0 Å². The van der Waals surface area contributed by atoms with Crippen LogP contribution in [0, 0.1) is 0 Å². The molecule has 33 heavy (non-hydrogen) atoms. The fraction of sp³-hybridized carbons (Fsp3) is 0.538. The van der Waals surface area contributed by atoms with E-state index >= 15 is 0 Å². The molecule has 1 aliphatic rings. The molecule has 0 aromatic heterocycles. The monoisotopic (exact) mass is 474 g/mol.